The first-order valence-corrected chi connectivity index (χ1v) is 7.42. The van der Waals surface area contributed by atoms with Crippen molar-refractivity contribution in [3.05, 3.63) is 35.4 Å². The van der Waals surface area contributed by atoms with Gasteiger partial charge in [0.2, 0.25) is 11.8 Å². The van der Waals surface area contributed by atoms with Crippen LogP contribution in [0.15, 0.2) is 24.3 Å². The van der Waals surface area contributed by atoms with E-state index in [1.54, 1.807) is 12.1 Å². The van der Waals surface area contributed by atoms with Gasteiger partial charge >= 0.3 is 5.97 Å². The third-order valence-electron chi connectivity index (χ3n) is 3.22. The molecule has 0 aliphatic rings. The molecule has 8 heteroatoms. The Hall–Kier alpha value is -3.34. The van der Waals surface area contributed by atoms with Gasteiger partial charge in [0.15, 0.2) is 0 Å². The summed E-state index contributed by atoms with van der Waals surface area (Å²) < 4.78 is 0. The number of nitrogens with one attached hydrogen (secondary N) is 3. The summed E-state index contributed by atoms with van der Waals surface area (Å²) in [4.78, 5) is 46.1. The molecule has 0 spiro atoms. The van der Waals surface area contributed by atoms with Crippen LogP contribution in [0.3, 0.4) is 0 Å². The summed E-state index contributed by atoms with van der Waals surface area (Å²) >= 11 is 0. The molecule has 2 atom stereocenters. The molecule has 1 rings (SSSR count). The summed E-state index contributed by atoms with van der Waals surface area (Å²) in [6.45, 7) is 2.33. The summed E-state index contributed by atoms with van der Waals surface area (Å²) in [5.41, 5.74) is 0.967. The van der Waals surface area contributed by atoms with Crippen LogP contribution < -0.4 is 16.0 Å². The normalized spacial score (nSPS) is 12.2. The Bertz CT molecular complexity index is 706. The maximum absolute atomic E-state index is 12.1. The number of hydrogen-bond donors (Lipinski definition) is 4. The van der Waals surface area contributed by atoms with E-state index < -0.39 is 42.3 Å². The van der Waals surface area contributed by atoms with Crippen molar-refractivity contribution in [1.82, 2.24) is 16.0 Å². The van der Waals surface area contributed by atoms with Crippen LogP contribution in [0.1, 0.15) is 29.8 Å². The fourth-order valence-electron chi connectivity index (χ4n) is 1.78. The molecule has 0 unspecified atom stereocenters. The van der Waals surface area contributed by atoms with E-state index in [0.717, 1.165) is 0 Å². The Morgan fingerprint density at radius 3 is 2.12 bits per heavy atom. The number of benzene rings is 1. The predicted octanol–water partition coefficient (Wildman–Crippen LogP) is -0.508. The number of carboxylic acid groups (broad SMARTS) is 1. The first-order chi connectivity index (χ1) is 11.7. The van der Waals surface area contributed by atoms with Crippen molar-refractivity contribution in [3.8, 4) is 12.3 Å². The van der Waals surface area contributed by atoms with Crippen LogP contribution >= 0.6 is 0 Å². The topological polar surface area (TPSA) is 125 Å². The molecule has 0 aliphatic heterocycles. The molecule has 0 radical (unpaired) electrons. The van der Waals surface area contributed by atoms with E-state index in [2.05, 4.69) is 21.9 Å². The lowest BCUT2D eigenvalue weighted by atomic mass is 10.1. The van der Waals surface area contributed by atoms with Crippen molar-refractivity contribution in [1.29, 1.82) is 0 Å². The number of terminal acetylenes is 1. The Balaban J connectivity index is 2.55. The highest BCUT2D eigenvalue weighted by Gasteiger charge is 2.21. The molecule has 0 heterocycles. The molecule has 0 saturated carbocycles. The van der Waals surface area contributed by atoms with Gasteiger partial charge in [-0.1, -0.05) is 5.92 Å². The van der Waals surface area contributed by atoms with Gasteiger partial charge in [-0.15, -0.1) is 6.42 Å². The zero-order valence-electron chi connectivity index (χ0n) is 13.8. The van der Waals surface area contributed by atoms with Crippen LogP contribution in [0.5, 0.6) is 0 Å². The van der Waals surface area contributed by atoms with Crippen molar-refractivity contribution in [2.24, 2.45) is 0 Å². The smallest absolute Gasteiger partial charge is 0.322 e. The van der Waals surface area contributed by atoms with Crippen molar-refractivity contribution < 1.29 is 24.3 Å². The Kier molecular flexibility index (Phi) is 7.16. The first kappa shape index (κ1) is 19.7. The van der Waals surface area contributed by atoms with Crippen LogP contribution in [0, 0.1) is 12.3 Å². The van der Waals surface area contributed by atoms with Crippen LogP contribution in [0.2, 0.25) is 0 Å². The number of carbonyl (C=O) groups is 4. The average molecular weight is 345 g/mol. The maximum Gasteiger partial charge on any atom is 0.322 e. The second kappa shape index (κ2) is 9.08. The summed E-state index contributed by atoms with van der Waals surface area (Å²) in [7, 11) is 0. The number of carbonyl (C=O) groups excluding carboxylic acids is 3. The third kappa shape index (κ3) is 6.35. The highest BCUT2D eigenvalue weighted by Crippen LogP contribution is 2.03. The fraction of sp³-hybridized carbons (Fsp3) is 0.294. The molecule has 8 nitrogen and oxygen atoms in total. The minimum absolute atomic E-state index is 0.339. The lowest BCUT2D eigenvalue weighted by Gasteiger charge is -2.18. The fourth-order valence-corrected chi connectivity index (χ4v) is 1.78. The van der Waals surface area contributed by atoms with Gasteiger partial charge in [0.25, 0.3) is 5.91 Å². The van der Waals surface area contributed by atoms with Gasteiger partial charge in [-0.25, -0.2) is 0 Å². The molecule has 1 aromatic carbocycles. The SMILES string of the molecule is C#Cc1ccc(C(=O)N[C@@H](C)C(=O)N[C@@H](C)C(=O)NCC(=O)O)cc1. The van der Waals surface area contributed by atoms with E-state index in [9.17, 15) is 19.2 Å². The van der Waals surface area contributed by atoms with Gasteiger partial charge in [0, 0.05) is 11.1 Å². The molecule has 4 N–H and O–H groups in total. The van der Waals surface area contributed by atoms with Gasteiger partial charge in [-0.05, 0) is 38.1 Å². The van der Waals surface area contributed by atoms with E-state index in [1.807, 2.05) is 0 Å². The number of rotatable bonds is 7. The number of amides is 3. The lowest BCUT2D eigenvalue weighted by Crippen LogP contribution is -2.52. The first-order valence-electron chi connectivity index (χ1n) is 7.42. The van der Waals surface area contributed by atoms with Gasteiger partial charge in [0.05, 0.1) is 0 Å². The molecule has 0 aromatic heterocycles. The van der Waals surface area contributed by atoms with Crippen molar-refractivity contribution >= 4 is 23.7 Å². The van der Waals surface area contributed by atoms with Crippen LogP contribution in [-0.4, -0.2) is 47.4 Å². The Morgan fingerprint density at radius 1 is 1.04 bits per heavy atom. The van der Waals surface area contributed by atoms with Gasteiger partial charge in [-0.2, -0.15) is 0 Å². The molecule has 25 heavy (non-hydrogen) atoms. The number of carboxylic acids is 1. The monoisotopic (exact) mass is 345 g/mol. The molecule has 0 bridgehead atoms. The average Bonchev–Trinajstić information content (AvgIpc) is 2.59. The quantitative estimate of drug-likeness (QED) is 0.496. The summed E-state index contributed by atoms with van der Waals surface area (Å²) in [5, 5.41) is 15.5. The highest BCUT2D eigenvalue weighted by atomic mass is 16.4. The summed E-state index contributed by atoms with van der Waals surface area (Å²) in [5.74, 6) is -0.441. The van der Waals surface area contributed by atoms with Gasteiger partial charge in [0.1, 0.15) is 18.6 Å². The minimum atomic E-state index is -1.19. The largest absolute Gasteiger partial charge is 0.480 e. The standard InChI is InChI=1S/C17H19N3O5/c1-4-12-5-7-13(8-6-12)17(25)20-11(3)16(24)19-10(2)15(23)18-9-14(21)22/h1,5-8,10-11H,9H2,2-3H3,(H,18,23)(H,19,24)(H,20,25)(H,21,22)/t10-,11-/m0/s1. The van der Waals surface area contributed by atoms with E-state index in [4.69, 9.17) is 11.5 Å². The Morgan fingerprint density at radius 2 is 1.60 bits per heavy atom. The van der Waals surface area contributed by atoms with Crippen LogP contribution in [-0.2, 0) is 14.4 Å². The van der Waals surface area contributed by atoms with Crippen LogP contribution in [0.25, 0.3) is 0 Å². The van der Waals surface area contributed by atoms with Gasteiger partial charge < -0.3 is 21.1 Å². The molecule has 3 amide bonds. The van der Waals surface area contributed by atoms with E-state index in [0.29, 0.717) is 11.1 Å². The van der Waals surface area contributed by atoms with Gasteiger partial charge in [-0.3, -0.25) is 19.2 Å². The molecule has 0 saturated heterocycles. The summed E-state index contributed by atoms with van der Waals surface area (Å²) in [6, 6.07) is 4.45. The molecule has 132 valence electrons. The van der Waals surface area contributed by atoms with Crippen molar-refractivity contribution in [2.45, 2.75) is 25.9 Å². The molecule has 0 fully saturated rings. The Labute approximate surface area is 145 Å². The van der Waals surface area contributed by atoms with Crippen molar-refractivity contribution in [3.63, 3.8) is 0 Å². The molecule has 0 aliphatic carbocycles. The molecular weight excluding hydrogens is 326 g/mol. The predicted molar refractivity (Wildman–Crippen MR) is 89.6 cm³/mol. The van der Waals surface area contributed by atoms with E-state index >= 15 is 0 Å². The van der Waals surface area contributed by atoms with Crippen molar-refractivity contribution in [2.75, 3.05) is 6.54 Å². The zero-order chi connectivity index (χ0) is 19.0. The highest BCUT2D eigenvalue weighted by molar-refractivity contribution is 5.98. The third-order valence-corrected chi connectivity index (χ3v) is 3.22. The summed E-state index contributed by atoms with van der Waals surface area (Å²) in [6.07, 6.45) is 5.24. The van der Waals surface area contributed by atoms with Crippen LogP contribution in [0.4, 0.5) is 0 Å². The van der Waals surface area contributed by atoms with E-state index in [-0.39, 0.29) is 0 Å². The second-order valence-corrected chi connectivity index (χ2v) is 5.26. The number of aliphatic carboxylic acids is 1. The molecular formula is C17H19N3O5. The minimum Gasteiger partial charge on any atom is -0.480 e. The second-order valence-electron chi connectivity index (χ2n) is 5.26. The molecule has 1 aromatic rings. The maximum atomic E-state index is 12.1. The zero-order valence-corrected chi connectivity index (χ0v) is 13.8. The van der Waals surface area contributed by atoms with E-state index in [1.165, 1.54) is 26.0 Å². The lowest BCUT2D eigenvalue weighted by molar-refractivity contribution is -0.138. The number of hydrogen-bond acceptors (Lipinski definition) is 4.